The Morgan fingerprint density at radius 2 is 2.21 bits per heavy atom. The second-order valence-corrected chi connectivity index (χ2v) is 3.24. The minimum Gasteiger partial charge on any atom is -0.294 e. The molecule has 0 unspecified atom stereocenters. The highest BCUT2D eigenvalue weighted by Gasteiger charge is 2.11. The summed E-state index contributed by atoms with van der Waals surface area (Å²) in [6, 6.07) is 2.83. The zero-order chi connectivity index (χ0) is 10.3. The third-order valence-electron chi connectivity index (χ3n) is 2.22. The van der Waals surface area contributed by atoms with Crippen LogP contribution in [-0.2, 0) is 0 Å². The van der Waals surface area contributed by atoms with E-state index in [0.717, 1.165) is 11.1 Å². The normalized spacial score (nSPS) is 10.8. The number of aryl methyl sites for hydroxylation is 1. The highest BCUT2D eigenvalue weighted by atomic mass is 19.1. The van der Waals surface area contributed by atoms with Gasteiger partial charge in [-0.2, -0.15) is 5.10 Å². The summed E-state index contributed by atoms with van der Waals surface area (Å²) in [7, 11) is 0. The van der Waals surface area contributed by atoms with E-state index in [2.05, 4.69) is 10.2 Å². The molecule has 0 fully saturated rings. The van der Waals surface area contributed by atoms with E-state index in [0.29, 0.717) is 5.52 Å². The molecule has 0 saturated heterocycles. The largest absolute Gasteiger partial charge is 0.294 e. The molecule has 14 heavy (non-hydrogen) atoms. The fourth-order valence-electron chi connectivity index (χ4n) is 1.44. The molecule has 3 nitrogen and oxygen atoms in total. The summed E-state index contributed by atoms with van der Waals surface area (Å²) >= 11 is 0. The Hall–Kier alpha value is -1.71. The molecule has 2 rings (SSSR count). The van der Waals surface area contributed by atoms with Gasteiger partial charge in [0.1, 0.15) is 5.82 Å². The van der Waals surface area contributed by atoms with Crippen LogP contribution in [0, 0.1) is 12.7 Å². The van der Waals surface area contributed by atoms with E-state index >= 15 is 0 Å². The number of Topliss-reactive ketones (excluding diaryl/α,β-unsaturated/α-hetero) is 1. The number of ketones is 1. The van der Waals surface area contributed by atoms with Crippen LogP contribution in [0.5, 0.6) is 0 Å². The van der Waals surface area contributed by atoms with Crippen LogP contribution in [0.2, 0.25) is 0 Å². The first-order valence-electron chi connectivity index (χ1n) is 4.25. The number of halogens is 1. The van der Waals surface area contributed by atoms with E-state index in [-0.39, 0.29) is 11.3 Å². The molecule has 72 valence electrons. The predicted octanol–water partition coefficient (Wildman–Crippen LogP) is 2.21. The molecule has 1 aromatic carbocycles. The van der Waals surface area contributed by atoms with Crippen molar-refractivity contribution < 1.29 is 9.18 Å². The first kappa shape index (κ1) is 8.87. The average Bonchev–Trinajstić information content (AvgIpc) is 2.46. The maximum atomic E-state index is 13.3. The Bertz CT molecular complexity index is 516. The zero-order valence-corrected chi connectivity index (χ0v) is 7.89. The Balaban J connectivity index is 2.80. The molecule has 0 radical (unpaired) electrons. The van der Waals surface area contributed by atoms with Gasteiger partial charge in [0.15, 0.2) is 5.78 Å². The van der Waals surface area contributed by atoms with Crippen molar-refractivity contribution in [1.29, 1.82) is 0 Å². The van der Waals surface area contributed by atoms with E-state index in [4.69, 9.17) is 0 Å². The number of H-pyrrole nitrogens is 1. The monoisotopic (exact) mass is 192 g/mol. The van der Waals surface area contributed by atoms with Crippen LogP contribution >= 0.6 is 0 Å². The van der Waals surface area contributed by atoms with Gasteiger partial charge in [0, 0.05) is 11.5 Å². The maximum absolute atomic E-state index is 13.3. The third-order valence-corrected chi connectivity index (χ3v) is 2.22. The third kappa shape index (κ3) is 1.19. The van der Waals surface area contributed by atoms with Crippen LogP contribution in [0.4, 0.5) is 4.39 Å². The van der Waals surface area contributed by atoms with Gasteiger partial charge in [0.25, 0.3) is 0 Å². The number of hydrogen-bond acceptors (Lipinski definition) is 2. The van der Waals surface area contributed by atoms with E-state index in [1.807, 2.05) is 0 Å². The van der Waals surface area contributed by atoms with Crippen molar-refractivity contribution in [3.8, 4) is 0 Å². The number of fused-ring (bicyclic) bond motifs is 1. The summed E-state index contributed by atoms with van der Waals surface area (Å²) in [5.74, 6) is -0.779. The number of benzene rings is 1. The number of carbonyl (C=O) groups excluding carboxylic acids is 1. The minimum atomic E-state index is -0.506. The first-order chi connectivity index (χ1) is 6.59. The summed E-state index contributed by atoms with van der Waals surface area (Å²) in [4.78, 5) is 11.1. The van der Waals surface area contributed by atoms with Gasteiger partial charge >= 0.3 is 0 Å². The Morgan fingerprint density at radius 1 is 1.50 bits per heavy atom. The molecule has 1 N–H and O–H groups in total. The van der Waals surface area contributed by atoms with Crippen LogP contribution in [-0.4, -0.2) is 16.0 Å². The van der Waals surface area contributed by atoms with Gasteiger partial charge in [0.05, 0.1) is 16.8 Å². The van der Waals surface area contributed by atoms with Gasteiger partial charge < -0.3 is 0 Å². The van der Waals surface area contributed by atoms with Crippen molar-refractivity contribution in [3.05, 3.63) is 29.2 Å². The molecular weight excluding hydrogens is 183 g/mol. The number of rotatable bonds is 1. The Morgan fingerprint density at radius 3 is 2.86 bits per heavy atom. The van der Waals surface area contributed by atoms with E-state index in [1.54, 1.807) is 6.92 Å². The quantitative estimate of drug-likeness (QED) is 0.704. The maximum Gasteiger partial charge on any atom is 0.162 e. The van der Waals surface area contributed by atoms with Crippen molar-refractivity contribution in [2.45, 2.75) is 13.8 Å². The number of nitrogens with one attached hydrogen (secondary N) is 1. The molecule has 2 aromatic rings. The van der Waals surface area contributed by atoms with E-state index in [9.17, 15) is 9.18 Å². The number of aromatic nitrogens is 2. The molecule has 0 aliphatic heterocycles. The number of hydrogen-bond donors (Lipinski definition) is 1. The summed E-state index contributed by atoms with van der Waals surface area (Å²) < 4.78 is 13.3. The summed E-state index contributed by atoms with van der Waals surface area (Å²) in [5, 5.41) is 7.42. The van der Waals surface area contributed by atoms with Crippen LogP contribution < -0.4 is 0 Å². The Labute approximate surface area is 79.9 Å². The smallest absolute Gasteiger partial charge is 0.162 e. The Kier molecular flexibility index (Phi) is 1.84. The lowest BCUT2D eigenvalue weighted by Gasteiger charge is -1.98. The molecule has 0 spiro atoms. The molecule has 0 aliphatic carbocycles. The molecule has 0 atom stereocenters. The van der Waals surface area contributed by atoms with Gasteiger partial charge in [0.2, 0.25) is 0 Å². The fraction of sp³-hybridized carbons (Fsp3) is 0.200. The molecule has 1 aromatic heterocycles. The number of carbonyl (C=O) groups is 1. The average molecular weight is 192 g/mol. The minimum absolute atomic E-state index is 0.113. The van der Waals surface area contributed by atoms with E-state index in [1.165, 1.54) is 19.1 Å². The lowest BCUT2D eigenvalue weighted by atomic mass is 10.1. The molecule has 0 saturated carbocycles. The van der Waals surface area contributed by atoms with Gasteiger partial charge in [-0.3, -0.25) is 9.89 Å². The molecule has 4 heteroatoms. The van der Waals surface area contributed by atoms with Gasteiger partial charge in [-0.25, -0.2) is 4.39 Å². The van der Waals surface area contributed by atoms with E-state index < -0.39 is 5.82 Å². The van der Waals surface area contributed by atoms with Crippen LogP contribution in [0.3, 0.4) is 0 Å². The standard InChI is InChI=1S/C10H9FN2O/c1-5-7-3-8(6(2)14)9(11)4-10(7)13-12-5/h3-4H,1-2H3,(H,12,13). The topological polar surface area (TPSA) is 45.8 Å². The second-order valence-electron chi connectivity index (χ2n) is 3.24. The van der Waals surface area contributed by atoms with Crippen molar-refractivity contribution in [2.75, 3.05) is 0 Å². The highest BCUT2D eigenvalue weighted by molar-refractivity contribution is 5.98. The lowest BCUT2D eigenvalue weighted by Crippen LogP contribution is -1.96. The lowest BCUT2D eigenvalue weighted by molar-refractivity contribution is 0.101. The molecule has 0 aliphatic rings. The van der Waals surface area contributed by atoms with Crippen molar-refractivity contribution in [2.24, 2.45) is 0 Å². The molecule has 0 bridgehead atoms. The van der Waals surface area contributed by atoms with Crippen molar-refractivity contribution in [1.82, 2.24) is 10.2 Å². The molecule has 1 heterocycles. The molecular formula is C10H9FN2O. The van der Waals surface area contributed by atoms with Crippen LogP contribution in [0.25, 0.3) is 10.9 Å². The number of nitrogens with zero attached hydrogens (tertiary/aromatic N) is 1. The van der Waals surface area contributed by atoms with Crippen LogP contribution in [0.15, 0.2) is 12.1 Å². The van der Waals surface area contributed by atoms with Gasteiger partial charge in [-0.1, -0.05) is 0 Å². The van der Waals surface area contributed by atoms with Crippen molar-refractivity contribution in [3.63, 3.8) is 0 Å². The van der Waals surface area contributed by atoms with Crippen LogP contribution in [0.1, 0.15) is 23.0 Å². The predicted molar refractivity (Wildman–Crippen MR) is 50.8 cm³/mol. The SMILES string of the molecule is CC(=O)c1cc2c(C)n[nH]c2cc1F. The van der Waals surface area contributed by atoms with Gasteiger partial charge in [-0.05, 0) is 19.9 Å². The zero-order valence-electron chi connectivity index (χ0n) is 7.89. The summed E-state index contributed by atoms with van der Waals surface area (Å²) in [6.07, 6.45) is 0. The molecule has 0 amide bonds. The summed E-state index contributed by atoms with van der Waals surface area (Å²) in [5.41, 5.74) is 1.49. The van der Waals surface area contributed by atoms with Crippen molar-refractivity contribution >= 4 is 16.7 Å². The highest BCUT2D eigenvalue weighted by Crippen LogP contribution is 2.20. The first-order valence-corrected chi connectivity index (χ1v) is 4.25. The van der Waals surface area contributed by atoms with Gasteiger partial charge in [-0.15, -0.1) is 0 Å². The fourth-order valence-corrected chi connectivity index (χ4v) is 1.44. The number of aromatic amines is 1. The summed E-state index contributed by atoms with van der Waals surface area (Å²) in [6.45, 7) is 3.15. The second kappa shape index (κ2) is 2.90.